The Morgan fingerprint density at radius 2 is 2.14 bits per heavy atom. The number of aliphatic hydroxyl groups excluding tert-OH is 1. The average Bonchev–Trinajstić information content (AvgIpc) is 2.25. The predicted molar refractivity (Wildman–Crippen MR) is 53.5 cm³/mol. The maximum atomic E-state index is 8.63. The van der Waals surface area contributed by atoms with Crippen molar-refractivity contribution in [2.75, 3.05) is 20.3 Å². The summed E-state index contributed by atoms with van der Waals surface area (Å²) in [7, 11) is 1.57. The minimum atomic E-state index is -0.0179. The summed E-state index contributed by atoms with van der Waals surface area (Å²) in [5.41, 5.74) is 6.46. The van der Waals surface area contributed by atoms with Gasteiger partial charge in [-0.05, 0) is 17.7 Å². The highest BCUT2D eigenvalue weighted by Gasteiger charge is 2.04. The van der Waals surface area contributed by atoms with Crippen LogP contribution in [0.2, 0.25) is 0 Å². The van der Waals surface area contributed by atoms with Gasteiger partial charge < -0.3 is 20.3 Å². The summed E-state index contributed by atoms with van der Waals surface area (Å²) in [6, 6.07) is 5.49. The monoisotopic (exact) mass is 197 g/mol. The first-order valence-corrected chi connectivity index (χ1v) is 4.42. The molecule has 1 aromatic rings. The molecule has 0 atom stereocenters. The van der Waals surface area contributed by atoms with E-state index in [0.717, 1.165) is 5.56 Å². The van der Waals surface area contributed by atoms with Gasteiger partial charge in [-0.2, -0.15) is 0 Å². The highest BCUT2D eigenvalue weighted by Crippen LogP contribution is 2.27. The number of hydrogen-bond donors (Lipinski definition) is 2. The smallest absolute Gasteiger partial charge is 0.161 e. The lowest BCUT2D eigenvalue weighted by Gasteiger charge is -2.10. The Morgan fingerprint density at radius 1 is 1.36 bits per heavy atom. The molecule has 0 saturated heterocycles. The van der Waals surface area contributed by atoms with Crippen LogP contribution in [0.5, 0.6) is 11.5 Å². The maximum absolute atomic E-state index is 8.63. The number of nitrogens with two attached hydrogens (primary N) is 1. The fourth-order valence-electron chi connectivity index (χ4n) is 1.12. The van der Waals surface area contributed by atoms with Gasteiger partial charge in [0, 0.05) is 6.54 Å². The Balaban J connectivity index is 2.84. The Bertz CT molecular complexity index is 289. The molecule has 0 fully saturated rings. The molecule has 0 unspecified atom stereocenters. The van der Waals surface area contributed by atoms with Crippen LogP contribution >= 0.6 is 0 Å². The second kappa shape index (κ2) is 5.47. The summed E-state index contributed by atoms with van der Waals surface area (Å²) in [4.78, 5) is 0. The molecule has 3 N–H and O–H groups in total. The van der Waals surface area contributed by atoms with Crippen molar-refractivity contribution in [3.8, 4) is 11.5 Å². The maximum Gasteiger partial charge on any atom is 0.161 e. The molecule has 1 rings (SSSR count). The zero-order chi connectivity index (χ0) is 10.4. The number of methoxy groups -OCH3 is 1. The third-order valence-electron chi connectivity index (χ3n) is 1.81. The normalized spacial score (nSPS) is 9.93. The van der Waals surface area contributed by atoms with Crippen LogP contribution in [0.25, 0.3) is 0 Å². The highest BCUT2D eigenvalue weighted by atomic mass is 16.5. The first-order chi connectivity index (χ1) is 6.81. The third kappa shape index (κ3) is 2.61. The van der Waals surface area contributed by atoms with Gasteiger partial charge in [-0.15, -0.1) is 0 Å². The van der Waals surface area contributed by atoms with Crippen LogP contribution < -0.4 is 15.2 Å². The minimum absolute atomic E-state index is 0.0179. The molecule has 0 spiro atoms. The van der Waals surface area contributed by atoms with E-state index in [-0.39, 0.29) is 13.2 Å². The van der Waals surface area contributed by atoms with Gasteiger partial charge in [0.05, 0.1) is 13.7 Å². The lowest BCUT2D eigenvalue weighted by Crippen LogP contribution is -2.04. The Labute approximate surface area is 83.3 Å². The van der Waals surface area contributed by atoms with Crippen LogP contribution in [0.1, 0.15) is 5.56 Å². The zero-order valence-corrected chi connectivity index (χ0v) is 8.19. The summed E-state index contributed by atoms with van der Waals surface area (Å²) in [6.45, 7) is 0.694. The summed E-state index contributed by atoms with van der Waals surface area (Å²) in [5.74, 6) is 1.26. The SMILES string of the molecule is COc1ccc(CN)cc1OCCO. The van der Waals surface area contributed by atoms with E-state index in [9.17, 15) is 0 Å². The molecule has 0 aliphatic carbocycles. The van der Waals surface area contributed by atoms with Crippen molar-refractivity contribution in [3.63, 3.8) is 0 Å². The molecule has 0 aliphatic rings. The van der Waals surface area contributed by atoms with Gasteiger partial charge in [0.2, 0.25) is 0 Å². The van der Waals surface area contributed by atoms with Gasteiger partial charge in [0.1, 0.15) is 6.61 Å². The van der Waals surface area contributed by atoms with Crippen LogP contribution in [0.4, 0.5) is 0 Å². The molecule has 78 valence electrons. The highest BCUT2D eigenvalue weighted by molar-refractivity contribution is 5.42. The van der Waals surface area contributed by atoms with E-state index in [1.807, 2.05) is 12.1 Å². The van der Waals surface area contributed by atoms with Crippen molar-refractivity contribution < 1.29 is 14.6 Å². The van der Waals surface area contributed by atoms with Crippen LogP contribution in [0.3, 0.4) is 0 Å². The minimum Gasteiger partial charge on any atom is -0.493 e. The van der Waals surface area contributed by atoms with Crippen molar-refractivity contribution in [2.24, 2.45) is 5.73 Å². The zero-order valence-electron chi connectivity index (χ0n) is 8.19. The molecule has 0 aromatic heterocycles. The molecule has 0 heterocycles. The molecule has 4 heteroatoms. The fraction of sp³-hybridized carbons (Fsp3) is 0.400. The molecule has 0 bridgehead atoms. The molecule has 0 radical (unpaired) electrons. The van der Waals surface area contributed by atoms with Crippen LogP contribution in [0, 0.1) is 0 Å². The second-order valence-corrected chi connectivity index (χ2v) is 2.76. The second-order valence-electron chi connectivity index (χ2n) is 2.76. The Morgan fingerprint density at radius 3 is 2.71 bits per heavy atom. The van der Waals surface area contributed by atoms with Gasteiger partial charge in [0.15, 0.2) is 11.5 Å². The first kappa shape index (κ1) is 10.8. The molecule has 0 aliphatic heterocycles. The first-order valence-electron chi connectivity index (χ1n) is 4.42. The fourth-order valence-corrected chi connectivity index (χ4v) is 1.12. The van der Waals surface area contributed by atoms with Gasteiger partial charge in [-0.1, -0.05) is 6.07 Å². The summed E-state index contributed by atoms with van der Waals surface area (Å²) in [5, 5.41) is 8.63. The summed E-state index contributed by atoms with van der Waals surface area (Å²) < 4.78 is 10.4. The lowest BCUT2D eigenvalue weighted by molar-refractivity contribution is 0.196. The summed E-state index contributed by atoms with van der Waals surface area (Å²) in [6.07, 6.45) is 0. The van der Waals surface area contributed by atoms with Crippen molar-refractivity contribution in [2.45, 2.75) is 6.54 Å². The van der Waals surface area contributed by atoms with Crippen molar-refractivity contribution in [1.82, 2.24) is 0 Å². The van der Waals surface area contributed by atoms with Crippen molar-refractivity contribution in [1.29, 1.82) is 0 Å². The largest absolute Gasteiger partial charge is 0.493 e. The molecule has 0 amide bonds. The van der Waals surface area contributed by atoms with Gasteiger partial charge in [-0.3, -0.25) is 0 Å². The lowest BCUT2D eigenvalue weighted by atomic mass is 10.2. The molecule has 0 saturated carbocycles. The van der Waals surface area contributed by atoms with E-state index in [1.54, 1.807) is 13.2 Å². The van der Waals surface area contributed by atoms with Crippen LogP contribution in [-0.2, 0) is 6.54 Å². The number of ether oxygens (including phenoxy) is 2. The van der Waals surface area contributed by atoms with Crippen molar-refractivity contribution in [3.05, 3.63) is 23.8 Å². The van der Waals surface area contributed by atoms with Crippen LogP contribution in [-0.4, -0.2) is 25.4 Å². The van der Waals surface area contributed by atoms with E-state index in [1.165, 1.54) is 0 Å². The molecular formula is C10H15NO3. The topological polar surface area (TPSA) is 64.7 Å². The van der Waals surface area contributed by atoms with E-state index in [4.69, 9.17) is 20.3 Å². The van der Waals surface area contributed by atoms with Crippen LogP contribution in [0.15, 0.2) is 18.2 Å². The predicted octanol–water partition coefficient (Wildman–Crippen LogP) is 0.525. The Kier molecular flexibility index (Phi) is 4.22. The number of rotatable bonds is 5. The number of benzene rings is 1. The third-order valence-corrected chi connectivity index (χ3v) is 1.81. The standard InChI is InChI=1S/C10H15NO3/c1-13-9-3-2-8(7-11)6-10(9)14-5-4-12/h2-3,6,12H,4-5,7,11H2,1H3. The molecule has 1 aromatic carbocycles. The van der Waals surface area contributed by atoms with E-state index < -0.39 is 0 Å². The van der Waals surface area contributed by atoms with E-state index >= 15 is 0 Å². The number of aliphatic hydroxyl groups is 1. The number of hydrogen-bond acceptors (Lipinski definition) is 4. The Hall–Kier alpha value is -1.26. The quantitative estimate of drug-likeness (QED) is 0.722. The van der Waals surface area contributed by atoms with Gasteiger partial charge in [-0.25, -0.2) is 0 Å². The molecular weight excluding hydrogens is 182 g/mol. The van der Waals surface area contributed by atoms with E-state index in [2.05, 4.69) is 0 Å². The van der Waals surface area contributed by atoms with Crippen molar-refractivity contribution >= 4 is 0 Å². The molecule has 4 nitrogen and oxygen atoms in total. The van der Waals surface area contributed by atoms with Gasteiger partial charge >= 0.3 is 0 Å². The summed E-state index contributed by atoms with van der Waals surface area (Å²) >= 11 is 0. The average molecular weight is 197 g/mol. The van der Waals surface area contributed by atoms with Gasteiger partial charge in [0.25, 0.3) is 0 Å². The molecule has 14 heavy (non-hydrogen) atoms. The van der Waals surface area contributed by atoms with E-state index in [0.29, 0.717) is 18.0 Å².